The van der Waals surface area contributed by atoms with Gasteiger partial charge in [-0.3, -0.25) is 9.78 Å². The molecule has 0 saturated heterocycles. The van der Waals surface area contributed by atoms with Crippen molar-refractivity contribution >= 4 is 23.4 Å². The minimum Gasteiger partial charge on any atom is -0.457 e. The second-order valence-electron chi connectivity index (χ2n) is 7.31. The Bertz CT molecular complexity index is 1230. The molecule has 6 heteroatoms. The fourth-order valence-electron chi connectivity index (χ4n) is 3.37. The summed E-state index contributed by atoms with van der Waals surface area (Å²) in [6.07, 6.45) is 3.66. The SMILES string of the molecule is CCSc1ccc(CC(=O)Nc2ccc(-c3ccncc3)c(Oc3cccc(F)c3)c2)cc1. The number of carbonyl (C=O) groups excluding carboxylic acids is 1. The van der Waals surface area contributed by atoms with Crippen molar-refractivity contribution in [2.75, 3.05) is 11.1 Å². The number of amides is 1. The molecular formula is C27H23FN2O2S. The number of carbonyl (C=O) groups is 1. The summed E-state index contributed by atoms with van der Waals surface area (Å²) in [5.41, 5.74) is 3.25. The first-order valence-corrected chi connectivity index (χ1v) is 11.6. The standard InChI is InChI=1S/C27H23FN2O2S/c1-2-33-24-9-6-19(7-10-24)16-27(31)30-22-8-11-25(20-12-14-29-15-13-20)26(18-22)32-23-5-3-4-21(28)17-23/h3-15,17-18H,2,16H2,1H3,(H,30,31). The van der Waals surface area contributed by atoms with E-state index in [1.54, 1.807) is 42.4 Å². The highest BCUT2D eigenvalue weighted by molar-refractivity contribution is 7.99. The average Bonchev–Trinajstić information content (AvgIpc) is 2.81. The van der Waals surface area contributed by atoms with Crippen LogP contribution in [-0.2, 0) is 11.2 Å². The van der Waals surface area contributed by atoms with E-state index in [2.05, 4.69) is 17.2 Å². The molecular weight excluding hydrogens is 435 g/mol. The number of pyridine rings is 1. The molecule has 4 aromatic rings. The topological polar surface area (TPSA) is 51.2 Å². The van der Waals surface area contributed by atoms with Crippen molar-refractivity contribution in [3.05, 3.63) is 103 Å². The van der Waals surface area contributed by atoms with Gasteiger partial charge in [-0.2, -0.15) is 0 Å². The number of aromatic nitrogens is 1. The fraction of sp³-hybridized carbons (Fsp3) is 0.111. The Labute approximate surface area is 196 Å². The summed E-state index contributed by atoms with van der Waals surface area (Å²) >= 11 is 1.77. The molecule has 0 atom stereocenters. The van der Waals surface area contributed by atoms with E-state index in [1.807, 2.05) is 48.5 Å². The fourth-order valence-corrected chi connectivity index (χ4v) is 4.03. The highest BCUT2D eigenvalue weighted by Crippen LogP contribution is 2.35. The molecule has 166 valence electrons. The number of nitrogens with one attached hydrogen (secondary N) is 1. The summed E-state index contributed by atoms with van der Waals surface area (Å²) in [4.78, 5) is 17.9. The number of hydrogen-bond acceptors (Lipinski definition) is 4. The maximum Gasteiger partial charge on any atom is 0.228 e. The van der Waals surface area contributed by atoms with Crippen LogP contribution in [0.4, 0.5) is 10.1 Å². The van der Waals surface area contributed by atoms with Gasteiger partial charge in [0.05, 0.1) is 6.42 Å². The van der Waals surface area contributed by atoms with Crippen LogP contribution in [0.1, 0.15) is 12.5 Å². The van der Waals surface area contributed by atoms with Gasteiger partial charge in [0.2, 0.25) is 5.91 Å². The molecule has 1 amide bonds. The number of thioether (sulfide) groups is 1. The van der Waals surface area contributed by atoms with E-state index >= 15 is 0 Å². The largest absolute Gasteiger partial charge is 0.457 e. The molecule has 0 saturated carbocycles. The normalized spacial score (nSPS) is 10.6. The molecule has 3 aromatic carbocycles. The smallest absolute Gasteiger partial charge is 0.228 e. The highest BCUT2D eigenvalue weighted by Gasteiger charge is 2.12. The number of anilines is 1. The lowest BCUT2D eigenvalue weighted by Gasteiger charge is -2.14. The van der Waals surface area contributed by atoms with Crippen LogP contribution in [0, 0.1) is 5.82 Å². The maximum absolute atomic E-state index is 13.7. The van der Waals surface area contributed by atoms with Crippen molar-refractivity contribution in [1.82, 2.24) is 4.98 Å². The third-order valence-corrected chi connectivity index (χ3v) is 5.77. The first kappa shape index (κ1) is 22.6. The molecule has 0 aliphatic rings. The molecule has 0 spiro atoms. The number of halogens is 1. The number of ether oxygens (including phenoxy) is 1. The quantitative estimate of drug-likeness (QED) is 0.290. The van der Waals surface area contributed by atoms with Crippen molar-refractivity contribution in [3.8, 4) is 22.6 Å². The van der Waals surface area contributed by atoms with Gasteiger partial charge in [0.15, 0.2) is 0 Å². The lowest BCUT2D eigenvalue weighted by Crippen LogP contribution is -2.14. The van der Waals surface area contributed by atoms with Crippen LogP contribution in [0.15, 0.2) is 96.2 Å². The van der Waals surface area contributed by atoms with Gasteiger partial charge in [0.1, 0.15) is 17.3 Å². The molecule has 1 heterocycles. The third kappa shape index (κ3) is 6.20. The zero-order chi connectivity index (χ0) is 23.0. The van der Waals surface area contributed by atoms with Crippen LogP contribution in [0.5, 0.6) is 11.5 Å². The van der Waals surface area contributed by atoms with E-state index in [9.17, 15) is 9.18 Å². The van der Waals surface area contributed by atoms with Crippen LogP contribution < -0.4 is 10.1 Å². The minimum atomic E-state index is -0.384. The minimum absolute atomic E-state index is 0.126. The van der Waals surface area contributed by atoms with Crippen LogP contribution >= 0.6 is 11.8 Å². The van der Waals surface area contributed by atoms with Gasteiger partial charge >= 0.3 is 0 Å². The highest BCUT2D eigenvalue weighted by atomic mass is 32.2. The molecule has 1 N–H and O–H groups in total. The predicted octanol–water partition coefficient (Wildman–Crippen LogP) is 6.97. The number of benzene rings is 3. The van der Waals surface area contributed by atoms with E-state index in [4.69, 9.17) is 4.74 Å². The summed E-state index contributed by atoms with van der Waals surface area (Å²) in [7, 11) is 0. The average molecular weight is 459 g/mol. The first-order valence-electron chi connectivity index (χ1n) is 10.6. The van der Waals surface area contributed by atoms with Gasteiger partial charge in [-0.25, -0.2) is 4.39 Å². The molecule has 33 heavy (non-hydrogen) atoms. The zero-order valence-corrected chi connectivity index (χ0v) is 18.9. The lowest BCUT2D eigenvalue weighted by molar-refractivity contribution is -0.115. The van der Waals surface area contributed by atoms with E-state index < -0.39 is 0 Å². The van der Waals surface area contributed by atoms with Crippen molar-refractivity contribution < 1.29 is 13.9 Å². The number of hydrogen-bond donors (Lipinski definition) is 1. The molecule has 0 unspecified atom stereocenters. The van der Waals surface area contributed by atoms with E-state index in [-0.39, 0.29) is 18.1 Å². The van der Waals surface area contributed by atoms with Gasteiger partial charge in [-0.1, -0.05) is 25.1 Å². The van der Waals surface area contributed by atoms with Gasteiger partial charge < -0.3 is 10.1 Å². The van der Waals surface area contributed by atoms with Gasteiger partial charge in [0.25, 0.3) is 0 Å². The summed E-state index contributed by atoms with van der Waals surface area (Å²) in [5.74, 6) is 1.38. The van der Waals surface area contributed by atoms with Gasteiger partial charge in [-0.05, 0) is 65.4 Å². The first-order chi connectivity index (χ1) is 16.1. The summed E-state index contributed by atoms with van der Waals surface area (Å²) in [5, 5.41) is 2.94. The monoisotopic (exact) mass is 458 g/mol. The van der Waals surface area contributed by atoms with E-state index in [0.29, 0.717) is 17.2 Å². The molecule has 0 aliphatic carbocycles. The number of rotatable bonds is 8. The van der Waals surface area contributed by atoms with E-state index in [0.717, 1.165) is 22.4 Å². The summed E-state index contributed by atoms with van der Waals surface area (Å²) in [6, 6.07) is 23.2. The lowest BCUT2D eigenvalue weighted by atomic mass is 10.1. The number of nitrogens with zero attached hydrogens (tertiary/aromatic N) is 1. The zero-order valence-electron chi connectivity index (χ0n) is 18.1. The predicted molar refractivity (Wildman–Crippen MR) is 131 cm³/mol. The Morgan fingerprint density at radius 2 is 1.79 bits per heavy atom. The Balaban J connectivity index is 1.55. The molecule has 0 aliphatic heterocycles. The Morgan fingerprint density at radius 1 is 1.00 bits per heavy atom. The van der Waals surface area contributed by atoms with Crippen molar-refractivity contribution in [1.29, 1.82) is 0 Å². The van der Waals surface area contributed by atoms with E-state index in [1.165, 1.54) is 17.0 Å². The second kappa shape index (κ2) is 10.8. The van der Waals surface area contributed by atoms with Crippen LogP contribution in [0.3, 0.4) is 0 Å². The third-order valence-electron chi connectivity index (χ3n) is 4.88. The van der Waals surface area contributed by atoms with Crippen molar-refractivity contribution in [2.45, 2.75) is 18.2 Å². The Kier molecular flexibility index (Phi) is 7.37. The molecule has 4 nitrogen and oxygen atoms in total. The molecule has 0 bridgehead atoms. The molecule has 0 fully saturated rings. The second-order valence-corrected chi connectivity index (χ2v) is 8.65. The summed E-state index contributed by atoms with van der Waals surface area (Å²) in [6.45, 7) is 2.11. The summed E-state index contributed by atoms with van der Waals surface area (Å²) < 4.78 is 19.7. The van der Waals surface area contributed by atoms with Crippen LogP contribution in [0.25, 0.3) is 11.1 Å². The van der Waals surface area contributed by atoms with Crippen molar-refractivity contribution in [3.63, 3.8) is 0 Å². The van der Waals surface area contributed by atoms with Gasteiger partial charge in [0, 0.05) is 40.7 Å². The van der Waals surface area contributed by atoms with Crippen LogP contribution in [0.2, 0.25) is 0 Å². The molecule has 1 aromatic heterocycles. The Hall–Kier alpha value is -3.64. The van der Waals surface area contributed by atoms with Crippen LogP contribution in [-0.4, -0.2) is 16.6 Å². The Morgan fingerprint density at radius 3 is 2.52 bits per heavy atom. The molecule has 0 radical (unpaired) electrons. The maximum atomic E-state index is 13.7. The van der Waals surface area contributed by atoms with Crippen molar-refractivity contribution in [2.24, 2.45) is 0 Å². The van der Waals surface area contributed by atoms with Gasteiger partial charge in [-0.15, -0.1) is 11.8 Å². The molecule has 4 rings (SSSR count).